The number of nitrogens with zero attached hydrogens (tertiary/aromatic N) is 7. The fourth-order valence-electron chi connectivity index (χ4n) is 10.1. The molecule has 6 heterocycles. The van der Waals surface area contributed by atoms with Crippen LogP contribution in [0.3, 0.4) is 0 Å². The van der Waals surface area contributed by atoms with E-state index in [2.05, 4.69) is 39.9 Å². The lowest BCUT2D eigenvalue weighted by molar-refractivity contribution is -0.138. The van der Waals surface area contributed by atoms with Crippen LogP contribution in [0.2, 0.25) is 5.02 Å². The second kappa shape index (κ2) is 19.9. The fourth-order valence-corrected chi connectivity index (χ4v) is 10.2. The lowest BCUT2D eigenvalue weighted by Crippen LogP contribution is -2.60. The first-order valence-electron chi connectivity index (χ1n) is 22.7. The number of carbonyl (C=O) groups excluding carboxylic acids is 3. The zero-order valence-corrected chi connectivity index (χ0v) is 36.0. The number of nitrogens with one attached hydrogen (secondary N) is 2. The number of hydrogen-bond donors (Lipinski definition) is 3. The molecule has 4 N–H and O–H groups in total. The third-order valence-electron chi connectivity index (χ3n) is 14.0. The van der Waals surface area contributed by atoms with E-state index in [0.29, 0.717) is 68.8 Å². The van der Waals surface area contributed by atoms with E-state index in [1.807, 2.05) is 41.4 Å². The number of hydrogen-bond acceptors (Lipinski definition) is 10. The van der Waals surface area contributed by atoms with Crippen LogP contribution in [0.4, 0.5) is 5.82 Å². The van der Waals surface area contributed by atoms with E-state index in [9.17, 15) is 14.4 Å². The Morgan fingerprint density at radius 1 is 0.800 bits per heavy atom. The standard InChI is InChI=1S/C45H65ClN10O4/c46-35-8-6-34(7-9-35)39(51-44(59)45(47)16-24-56(25-17-45)43-38-10-18-48-42(38)49-32-50-43)15-21-52-26-28-55(29-27-52)41(58)31-53-19-11-36(12-20-53)60-37-13-22-54(23-14-37)40(57)30-33-4-2-1-3-5-33/h6-10,18,32-33,36-37,39H,1-5,11-17,19-31,47H2,(H,51,59)(H,48,49,50). The van der Waals surface area contributed by atoms with Crippen LogP contribution >= 0.6 is 11.6 Å². The number of piperidine rings is 3. The smallest absolute Gasteiger partial charge is 0.240 e. The molecular weight excluding hydrogens is 780 g/mol. The van der Waals surface area contributed by atoms with E-state index in [0.717, 1.165) is 100 Å². The zero-order valence-electron chi connectivity index (χ0n) is 35.2. The van der Waals surface area contributed by atoms with Crippen molar-refractivity contribution in [2.75, 3.05) is 83.4 Å². The van der Waals surface area contributed by atoms with Gasteiger partial charge in [-0.05, 0) is 87.5 Å². The molecule has 4 aliphatic heterocycles. The molecule has 326 valence electrons. The average Bonchev–Trinajstić information content (AvgIpc) is 3.77. The van der Waals surface area contributed by atoms with E-state index in [-0.39, 0.29) is 30.1 Å². The summed E-state index contributed by atoms with van der Waals surface area (Å²) in [5.41, 5.74) is 7.64. The van der Waals surface area contributed by atoms with Crippen LogP contribution < -0.4 is 16.0 Å². The minimum atomic E-state index is -0.992. The summed E-state index contributed by atoms with van der Waals surface area (Å²) in [6.07, 6.45) is 16.4. The number of nitrogens with two attached hydrogens (primary N) is 1. The molecule has 15 heteroatoms. The van der Waals surface area contributed by atoms with Crippen LogP contribution in [-0.2, 0) is 19.1 Å². The molecule has 1 unspecified atom stereocenters. The lowest BCUT2D eigenvalue weighted by Gasteiger charge is -2.40. The Bertz CT molecular complexity index is 1870. The van der Waals surface area contributed by atoms with E-state index >= 15 is 0 Å². The van der Waals surface area contributed by atoms with Crippen molar-refractivity contribution in [1.29, 1.82) is 0 Å². The summed E-state index contributed by atoms with van der Waals surface area (Å²) in [6.45, 7) is 8.82. The molecule has 4 saturated heterocycles. The quantitative estimate of drug-likeness (QED) is 0.220. The Labute approximate surface area is 359 Å². The summed E-state index contributed by atoms with van der Waals surface area (Å²) in [5, 5.41) is 4.93. The third-order valence-corrected chi connectivity index (χ3v) is 14.3. The van der Waals surface area contributed by atoms with Gasteiger partial charge in [-0.1, -0.05) is 43.0 Å². The molecule has 0 spiro atoms. The Morgan fingerprint density at radius 3 is 2.17 bits per heavy atom. The highest BCUT2D eigenvalue weighted by molar-refractivity contribution is 6.30. The van der Waals surface area contributed by atoms with Crippen LogP contribution in [0.1, 0.15) is 95.1 Å². The van der Waals surface area contributed by atoms with Gasteiger partial charge < -0.3 is 35.5 Å². The van der Waals surface area contributed by atoms with Gasteiger partial charge >= 0.3 is 0 Å². The van der Waals surface area contributed by atoms with Gasteiger partial charge in [0.25, 0.3) is 0 Å². The third kappa shape index (κ3) is 10.8. The Hall–Kier alpha value is -3.82. The van der Waals surface area contributed by atoms with Crippen LogP contribution in [0.25, 0.3) is 11.0 Å². The number of aromatic amines is 1. The van der Waals surface area contributed by atoms with Crippen molar-refractivity contribution in [3.8, 4) is 0 Å². The summed E-state index contributed by atoms with van der Waals surface area (Å²) >= 11 is 6.25. The van der Waals surface area contributed by atoms with Crippen LogP contribution in [0.15, 0.2) is 42.9 Å². The summed E-state index contributed by atoms with van der Waals surface area (Å²) in [4.78, 5) is 63.2. The summed E-state index contributed by atoms with van der Waals surface area (Å²) < 4.78 is 6.54. The van der Waals surface area contributed by atoms with E-state index < -0.39 is 5.54 Å². The van der Waals surface area contributed by atoms with Gasteiger partial charge in [0.1, 0.15) is 17.8 Å². The first-order valence-corrected chi connectivity index (χ1v) is 23.1. The highest BCUT2D eigenvalue weighted by Crippen LogP contribution is 2.31. The van der Waals surface area contributed by atoms with Crippen molar-refractivity contribution in [2.45, 2.75) is 107 Å². The molecule has 5 fully saturated rings. The maximum atomic E-state index is 13.9. The van der Waals surface area contributed by atoms with Crippen LogP contribution in [-0.4, -0.2) is 149 Å². The first kappa shape index (κ1) is 42.9. The van der Waals surface area contributed by atoms with Gasteiger partial charge in [-0.3, -0.25) is 24.2 Å². The fraction of sp³-hybridized carbons (Fsp3) is 0.667. The highest BCUT2D eigenvalue weighted by Gasteiger charge is 2.39. The second-order valence-corrected chi connectivity index (χ2v) is 18.5. The number of anilines is 1. The van der Waals surface area contributed by atoms with Crippen molar-refractivity contribution < 1.29 is 19.1 Å². The van der Waals surface area contributed by atoms with Crippen molar-refractivity contribution in [1.82, 2.24) is 39.9 Å². The van der Waals surface area contributed by atoms with E-state index in [4.69, 9.17) is 22.1 Å². The number of ether oxygens (including phenoxy) is 1. The minimum absolute atomic E-state index is 0.138. The largest absolute Gasteiger partial charge is 0.375 e. The summed E-state index contributed by atoms with van der Waals surface area (Å²) in [6, 6.07) is 9.44. The molecular formula is C45H65ClN10O4. The van der Waals surface area contributed by atoms with Crippen LogP contribution in [0.5, 0.6) is 0 Å². The molecule has 1 saturated carbocycles. The minimum Gasteiger partial charge on any atom is -0.375 e. The van der Waals surface area contributed by atoms with Gasteiger partial charge in [0.05, 0.1) is 35.7 Å². The number of amides is 3. The molecule has 60 heavy (non-hydrogen) atoms. The highest BCUT2D eigenvalue weighted by atomic mass is 35.5. The van der Waals surface area contributed by atoms with Crippen molar-refractivity contribution in [3.05, 3.63) is 53.4 Å². The number of rotatable bonds is 13. The number of aromatic nitrogens is 3. The average molecular weight is 846 g/mol. The zero-order chi connectivity index (χ0) is 41.5. The lowest BCUT2D eigenvalue weighted by atomic mass is 9.86. The molecule has 3 aromatic rings. The molecule has 5 aliphatic rings. The molecule has 0 bridgehead atoms. The predicted octanol–water partition coefficient (Wildman–Crippen LogP) is 4.74. The summed E-state index contributed by atoms with van der Waals surface area (Å²) in [7, 11) is 0. The van der Waals surface area contributed by atoms with Gasteiger partial charge in [0.15, 0.2) is 0 Å². The Kier molecular flexibility index (Phi) is 14.2. The molecule has 1 atom stereocenters. The number of fused-ring (bicyclic) bond motifs is 1. The number of carbonyl (C=O) groups is 3. The molecule has 14 nitrogen and oxygen atoms in total. The second-order valence-electron chi connectivity index (χ2n) is 18.1. The molecule has 2 aromatic heterocycles. The summed E-state index contributed by atoms with van der Waals surface area (Å²) in [5.74, 6) is 1.85. The van der Waals surface area contributed by atoms with Gasteiger partial charge in [0.2, 0.25) is 17.7 Å². The SMILES string of the molecule is NC1(C(=O)NC(CCN2CCN(C(=O)CN3CCC(OC4CCN(C(=O)CC5CCCCC5)CC4)CC3)CC2)c2ccc(Cl)cc2)CCN(c2ncnc3[nH]ccc23)CC1. The van der Waals surface area contributed by atoms with Gasteiger partial charge in [0, 0.05) is 89.6 Å². The molecule has 8 rings (SSSR count). The van der Waals surface area contributed by atoms with Gasteiger partial charge in [-0.25, -0.2) is 9.97 Å². The van der Waals surface area contributed by atoms with Crippen molar-refractivity contribution >= 4 is 46.2 Å². The number of piperazine rings is 1. The van der Waals surface area contributed by atoms with Gasteiger partial charge in [-0.2, -0.15) is 0 Å². The number of benzene rings is 1. The topological polar surface area (TPSA) is 156 Å². The maximum Gasteiger partial charge on any atom is 0.240 e. The van der Waals surface area contributed by atoms with Crippen molar-refractivity contribution in [2.24, 2.45) is 11.7 Å². The van der Waals surface area contributed by atoms with Gasteiger partial charge in [-0.15, -0.1) is 0 Å². The monoisotopic (exact) mass is 844 g/mol. The molecule has 1 aromatic carbocycles. The molecule has 0 radical (unpaired) electrons. The first-order chi connectivity index (χ1) is 29.2. The van der Waals surface area contributed by atoms with Crippen molar-refractivity contribution in [3.63, 3.8) is 0 Å². The van der Waals surface area contributed by atoms with E-state index in [1.165, 1.54) is 32.1 Å². The normalized spacial score (nSPS) is 22.3. The Balaban J connectivity index is 0.742. The van der Waals surface area contributed by atoms with E-state index in [1.54, 1.807) is 6.33 Å². The Morgan fingerprint density at radius 2 is 1.47 bits per heavy atom. The number of halogens is 1. The molecule has 1 aliphatic carbocycles. The number of H-pyrrole nitrogens is 1. The number of likely N-dealkylation sites (tertiary alicyclic amines) is 2. The molecule has 3 amide bonds. The van der Waals surface area contributed by atoms with Crippen LogP contribution in [0, 0.1) is 5.92 Å². The maximum absolute atomic E-state index is 13.9. The predicted molar refractivity (Wildman–Crippen MR) is 234 cm³/mol.